The maximum absolute atomic E-state index is 12.3. The Morgan fingerprint density at radius 2 is 1.97 bits per heavy atom. The molecular weight excluding hydrogens is 404 g/mol. The number of ether oxygens (including phenoxy) is 2. The van der Waals surface area contributed by atoms with E-state index in [1.54, 1.807) is 18.3 Å². The average Bonchev–Trinajstić information content (AvgIpc) is 3.23. The Hall–Kier alpha value is -3.93. The molecule has 0 saturated carbocycles. The lowest BCUT2D eigenvalue weighted by Crippen LogP contribution is -2.33. The molecule has 1 atom stereocenters. The normalized spacial score (nSPS) is 14.6. The first-order valence-electron chi connectivity index (χ1n) is 10.4. The molecule has 32 heavy (non-hydrogen) atoms. The van der Waals surface area contributed by atoms with Crippen LogP contribution >= 0.6 is 0 Å². The lowest BCUT2D eigenvalue weighted by atomic mass is 9.94. The van der Waals surface area contributed by atoms with Crippen LogP contribution in [0.1, 0.15) is 27.2 Å². The van der Waals surface area contributed by atoms with Crippen molar-refractivity contribution in [1.29, 1.82) is 0 Å². The van der Waals surface area contributed by atoms with Crippen molar-refractivity contribution in [2.75, 3.05) is 13.7 Å². The van der Waals surface area contributed by atoms with Crippen LogP contribution in [0.2, 0.25) is 0 Å². The second-order valence-electron chi connectivity index (χ2n) is 7.61. The first-order valence-corrected chi connectivity index (χ1v) is 10.4. The number of carbonyl (C=O) groups excluding carboxylic acids is 2. The zero-order valence-corrected chi connectivity index (χ0v) is 18.0. The van der Waals surface area contributed by atoms with Crippen LogP contribution in [-0.2, 0) is 16.0 Å². The molecule has 6 heteroatoms. The number of pyridine rings is 1. The van der Waals surface area contributed by atoms with Gasteiger partial charge in [0.05, 0.1) is 24.9 Å². The number of nitrogens with one attached hydrogen (secondary N) is 1. The Morgan fingerprint density at radius 1 is 1.16 bits per heavy atom. The van der Waals surface area contributed by atoms with E-state index in [2.05, 4.69) is 16.4 Å². The summed E-state index contributed by atoms with van der Waals surface area (Å²) in [5, 5.41) is 2.89. The summed E-state index contributed by atoms with van der Waals surface area (Å²) in [6.07, 6.45) is 5.30. The second-order valence-corrected chi connectivity index (χ2v) is 7.61. The van der Waals surface area contributed by atoms with Gasteiger partial charge in [-0.1, -0.05) is 30.3 Å². The zero-order valence-electron chi connectivity index (χ0n) is 18.0. The molecule has 1 unspecified atom stereocenters. The van der Waals surface area contributed by atoms with Crippen LogP contribution in [0.25, 0.3) is 17.2 Å². The predicted molar refractivity (Wildman–Crippen MR) is 122 cm³/mol. The van der Waals surface area contributed by atoms with E-state index in [1.165, 1.54) is 13.2 Å². The topological polar surface area (TPSA) is 77.5 Å². The number of esters is 1. The van der Waals surface area contributed by atoms with Gasteiger partial charge in [0, 0.05) is 24.3 Å². The highest BCUT2D eigenvalue weighted by Gasteiger charge is 2.28. The van der Waals surface area contributed by atoms with Gasteiger partial charge in [-0.3, -0.25) is 9.78 Å². The molecule has 0 bridgehead atoms. The van der Waals surface area contributed by atoms with Crippen LogP contribution in [0.3, 0.4) is 0 Å². The largest absolute Gasteiger partial charge is 0.487 e. The summed E-state index contributed by atoms with van der Waals surface area (Å²) in [7, 11) is 1.37. The van der Waals surface area contributed by atoms with Gasteiger partial charge in [0.2, 0.25) is 5.91 Å². The highest BCUT2D eigenvalue weighted by Crippen LogP contribution is 2.41. The molecular formula is C26H24N2O4. The number of hydrogen-bond donors (Lipinski definition) is 1. The van der Waals surface area contributed by atoms with E-state index in [0.717, 1.165) is 33.7 Å². The van der Waals surface area contributed by atoms with E-state index in [9.17, 15) is 9.59 Å². The summed E-state index contributed by atoms with van der Waals surface area (Å²) >= 11 is 0. The van der Waals surface area contributed by atoms with Crippen molar-refractivity contribution < 1.29 is 19.1 Å². The van der Waals surface area contributed by atoms with E-state index in [1.807, 2.05) is 49.4 Å². The van der Waals surface area contributed by atoms with Crippen molar-refractivity contribution in [1.82, 2.24) is 10.3 Å². The maximum atomic E-state index is 12.3. The van der Waals surface area contributed by atoms with Crippen LogP contribution in [0.4, 0.5) is 0 Å². The number of methoxy groups -OCH3 is 1. The molecule has 1 N–H and O–H groups in total. The fourth-order valence-electron chi connectivity index (χ4n) is 3.82. The fourth-order valence-corrected chi connectivity index (χ4v) is 3.82. The maximum Gasteiger partial charge on any atom is 0.338 e. The highest BCUT2D eigenvalue weighted by molar-refractivity contribution is 5.98. The van der Waals surface area contributed by atoms with Crippen LogP contribution in [0.5, 0.6) is 5.75 Å². The quantitative estimate of drug-likeness (QED) is 0.475. The Balaban J connectivity index is 1.49. The van der Waals surface area contributed by atoms with Gasteiger partial charge in [-0.15, -0.1) is 0 Å². The molecule has 0 radical (unpaired) electrons. The molecule has 0 spiro atoms. The van der Waals surface area contributed by atoms with Crippen molar-refractivity contribution in [3.05, 3.63) is 89.3 Å². The number of aromatic nitrogens is 1. The lowest BCUT2D eigenvalue weighted by Gasteiger charge is -2.15. The van der Waals surface area contributed by atoms with Crippen molar-refractivity contribution in [3.63, 3.8) is 0 Å². The molecule has 0 aliphatic carbocycles. The summed E-state index contributed by atoms with van der Waals surface area (Å²) in [6, 6.07) is 17.0. The monoisotopic (exact) mass is 428 g/mol. The van der Waals surface area contributed by atoms with Gasteiger partial charge in [0.15, 0.2) is 0 Å². The summed E-state index contributed by atoms with van der Waals surface area (Å²) in [4.78, 5) is 28.6. The number of amides is 1. The van der Waals surface area contributed by atoms with Gasteiger partial charge < -0.3 is 14.8 Å². The molecule has 2 aromatic carbocycles. The standard InChI is InChI=1S/C26H24N2O4/c1-17-13-18-15-20(16-28-24(29)11-10-19-7-5-6-12-27-19)32-25(18)23(14-17)21-8-3-4-9-22(21)26(30)31-2/h3-14,20H,15-16H2,1-2H3,(H,28,29)/b11-10+. The third-order valence-corrected chi connectivity index (χ3v) is 5.26. The first kappa shape index (κ1) is 21.3. The highest BCUT2D eigenvalue weighted by atomic mass is 16.5. The van der Waals surface area contributed by atoms with Gasteiger partial charge in [-0.05, 0) is 54.0 Å². The van der Waals surface area contributed by atoms with E-state index < -0.39 is 5.97 Å². The van der Waals surface area contributed by atoms with Gasteiger partial charge >= 0.3 is 5.97 Å². The molecule has 6 nitrogen and oxygen atoms in total. The minimum absolute atomic E-state index is 0.192. The molecule has 1 aliphatic rings. The van der Waals surface area contributed by atoms with E-state index in [4.69, 9.17) is 9.47 Å². The van der Waals surface area contributed by atoms with E-state index >= 15 is 0 Å². The average molecular weight is 428 g/mol. The Kier molecular flexibility index (Phi) is 6.31. The lowest BCUT2D eigenvalue weighted by molar-refractivity contribution is -0.116. The van der Waals surface area contributed by atoms with E-state index in [0.29, 0.717) is 18.5 Å². The fraction of sp³-hybridized carbons (Fsp3) is 0.192. The summed E-state index contributed by atoms with van der Waals surface area (Å²) in [6.45, 7) is 2.39. The molecule has 0 saturated heterocycles. The number of carbonyl (C=O) groups is 2. The Morgan fingerprint density at radius 3 is 2.75 bits per heavy atom. The minimum Gasteiger partial charge on any atom is -0.487 e. The number of aryl methyl sites for hydroxylation is 1. The number of nitrogens with zero attached hydrogens (tertiary/aromatic N) is 1. The number of hydrogen-bond acceptors (Lipinski definition) is 5. The summed E-state index contributed by atoms with van der Waals surface area (Å²) < 4.78 is 11.2. The number of benzene rings is 2. The Bertz CT molecular complexity index is 1170. The van der Waals surface area contributed by atoms with Gasteiger partial charge in [-0.25, -0.2) is 4.79 Å². The molecule has 162 valence electrons. The van der Waals surface area contributed by atoms with Gasteiger partial charge in [0.1, 0.15) is 11.9 Å². The molecule has 4 rings (SSSR count). The van der Waals surface area contributed by atoms with Crippen molar-refractivity contribution >= 4 is 18.0 Å². The second kappa shape index (κ2) is 9.47. The zero-order chi connectivity index (χ0) is 22.5. The molecule has 0 fully saturated rings. The molecule has 1 amide bonds. The summed E-state index contributed by atoms with van der Waals surface area (Å²) in [5.41, 5.74) is 4.96. The van der Waals surface area contributed by atoms with Crippen LogP contribution < -0.4 is 10.1 Å². The van der Waals surface area contributed by atoms with E-state index in [-0.39, 0.29) is 12.0 Å². The van der Waals surface area contributed by atoms with Crippen molar-refractivity contribution in [3.8, 4) is 16.9 Å². The Labute approximate surface area is 186 Å². The molecule has 1 aliphatic heterocycles. The summed E-state index contributed by atoms with van der Waals surface area (Å²) in [5.74, 6) is 0.148. The van der Waals surface area contributed by atoms with Crippen molar-refractivity contribution in [2.45, 2.75) is 19.4 Å². The third kappa shape index (κ3) is 4.70. The van der Waals surface area contributed by atoms with Gasteiger partial charge in [0.25, 0.3) is 0 Å². The number of fused-ring (bicyclic) bond motifs is 1. The molecule has 1 aromatic heterocycles. The minimum atomic E-state index is -0.391. The van der Waals surface area contributed by atoms with Crippen molar-refractivity contribution in [2.24, 2.45) is 0 Å². The molecule has 2 heterocycles. The SMILES string of the molecule is COC(=O)c1ccccc1-c1cc(C)cc2c1OC(CNC(=O)/C=C/c1ccccn1)C2. The van der Waals surface area contributed by atoms with Gasteiger partial charge in [-0.2, -0.15) is 0 Å². The van der Waals surface area contributed by atoms with Crippen LogP contribution in [0, 0.1) is 6.92 Å². The van der Waals surface area contributed by atoms with Crippen LogP contribution in [-0.4, -0.2) is 36.6 Å². The number of rotatable bonds is 6. The molecule has 3 aromatic rings. The smallest absolute Gasteiger partial charge is 0.338 e. The first-order chi connectivity index (χ1) is 15.5. The predicted octanol–water partition coefficient (Wildman–Crippen LogP) is 3.98. The third-order valence-electron chi connectivity index (χ3n) is 5.26. The van der Waals surface area contributed by atoms with Crippen LogP contribution in [0.15, 0.2) is 66.9 Å².